The van der Waals surface area contributed by atoms with E-state index >= 15 is 0 Å². The largest absolute Gasteiger partial charge is 0.392 e. The lowest BCUT2D eigenvalue weighted by molar-refractivity contribution is 0.185. The number of hydrogen-bond acceptors (Lipinski definition) is 2. The Kier molecular flexibility index (Phi) is 3.91. The van der Waals surface area contributed by atoms with Crippen molar-refractivity contribution in [1.82, 2.24) is 0 Å². The monoisotopic (exact) mass is 228 g/mol. The molecule has 1 N–H and O–H groups in total. The molecule has 0 heterocycles. The van der Waals surface area contributed by atoms with Gasteiger partial charge in [-0.2, -0.15) is 0 Å². The van der Waals surface area contributed by atoms with Gasteiger partial charge in [-0.3, -0.25) is 0 Å². The van der Waals surface area contributed by atoms with E-state index in [-0.39, 0.29) is 6.61 Å². The van der Waals surface area contributed by atoms with Gasteiger partial charge < -0.3 is 9.84 Å². The summed E-state index contributed by atoms with van der Waals surface area (Å²) in [6, 6.07) is 16.2. The van der Waals surface area contributed by atoms with Gasteiger partial charge in [-0.05, 0) is 34.4 Å². The third kappa shape index (κ3) is 2.93. The lowest BCUT2D eigenvalue weighted by Crippen LogP contribution is -1.89. The van der Waals surface area contributed by atoms with Crippen molar-refractivity contribution >= 4 is 0 Å². The minimum Gasteiger partial charge on any atom is -0.392 e. The number of rotatable bonds is 4. The molecule has 17 heavy (non-hydrogen) atoms. The van der Waals surface area contributed by atoms with Crippen molar-refractivity contribution in [2.75, 3.05) is 7.11 Å². The molecule has 0 aliphatic heterocycles. The van der Waals surface area contributed by atoms with Gasteiger partial charge in [0.1, 0.15) is 0 Å². The van der Waals surface area contributed by atoms with Gasteiger partial charge in [0.25, 0.3) is 0 Å². The molecule has 88 valence electrons. The van der Waals surface area contributed by atoms with Crippen molar-refractivity contribution in [2.24, 2.45) is 0 Å². The van der Waals surface area contributed by atoms with Crippen LogP contribution in [-0.2, 0) is 18.0 Å². The average molecular weight is 228 g/mol. The maximum absolute atomic E-state index is 9.13. The highest BCUT2D eigenvalue weighted by molar-refractivity contribution is 5.64. The number of hydrogen-bond donors (Lipinski definition) is 1. The minimum atomic E-state index is 0.0750. The minimum absolute atomic E-state index is 0.0750. The lowest BCUT2D eigenvalue weighted by atomic mass is 10.0. The topological polar surface area (TPSA) is 29.5 Å². The molecule has 2 rings (SSSR count). The molecule has 0 radical (unpaired) electrons. The number of ether oxygens (including phenoxy) is 1. The summed E-state index contributed by atoms with van der Waals surface area (Å²) < 4.78 is 5.12. The van der Waals surface area contributed by atoms with E-state index in [1.807, 2.05) is 36.4 Å². The van der Waals surface area contributed by atoms with E-state index in [0.717, 1.165) is 22.3 Å². The highest BCUT2D eigenvalue weighted by atomic mass is 16.5. The molecule has 0 fully saturated rings. The number of methoxy groups -OCH3 is 1. The van der Waals surface area contributed by atoms with Crippen LogP contribution < -0.4 is 0 Å². The third-order valence-corrected chi connectivity index (χ3v) is 2.68. The van der Waals surface area contributed by atoms with E-state index < -0.39 is 0 Å². The molecule has 0 unspecified atom stereocenters. The predicted molar refractivity (Wildman–Crippen MR) is 68.5 cm³/mol. The van der Waals surface area contributed by atoms with Crippen LogP contribution in [0.4, 0.5) is 0 Å². The van der Waals surface area contributed by atoms with Gasteiger partial charge in [0, 0.05) is 7.11 Å². The van der Waals surface area contributed by atoms with Crippen LogP contribution in [0.3, 0.4) is 0 Å². The van der Waals surface area contributed by atoms with E-state index in [1.54, 1.807) is 7.11 Å². The number of benzene rings is 2. The van der Waals surface area contributed by atoms with Gasteiger partial charge in [0.2, 0.25) is 0 Å². The Bertz CT molecular complexity index is 492. The Labute approximate surface area is 101 Å². The van der Waals surface area contributed by atoms with Crippen LogP contribution in [-0.4, -0.2) is 12.2 Å². The summed E-state index contributed by atoms with van der Waals surface area (Å²) >= 11 is 0. The highest BCUT2D eigenvalue weighted by Crippen LogP contribution is 2.21. The zero-order valence-electron chi connectivity index (χ0n) is 9.89. The van der Waals surface area contributed by atoms with Crippen LogP contribution in [0.2, 0.25) is 0 Å². The van der Waals surface area contributed by atoms with Crippen molar-refractivity contribution in [3.8, 4) is 11.1 Å². The van der Waals surface area contributed by atoms with Gasteiger partial charge >= 0.3 is 0 Å². The van der Waals surface area contributed by atoms with Gasteiger partial charge in [0.05, 0.1) is 13.2 Å². The molecule has 0 saturated heterocycles. The summed E-state index contributed by atoms with van der Waals surface area (Å²) in [6.45, 7) is 0.694. The first kappa shape index (κ1) is 11.8. The van der Waals surface area contributed by atoms with E-state index in [1.165, 1.54) is 0 Å². The quantitative estimate of drug-likeness (QED) is 0.871. The van der Waals surface area contributed by atoms with E-state index in [2.05, 4.69) is 12.1 Å². The molecular formula is C15H16O2. The molecule has 2 nitrogen and oxygen atoms in total. The van der Waals surface area contributed by atoms with E-state index in [9.17, 15) is 0 Å². The van der Waals surface area contributed by atoms with Gasteiger partial charge in [-0.15, -0.1) is 0 Å². The summed E-state index contributed by atoms with van der Waals surface area (Å²) in [7, 11) is 1.69. The first-order chi connectivity index (χ1) is 8.33. The molecule has 0 amide bonds. The molecule has 0 saturated carbocycles. The fraction of sp³-hybridized carbons (Fsp3) is 0.200. The summed E-state index contributed by atoms with van der Waals surface area (Å²) in [6.07, 6.45) is 0. The number of aliphatic hydroxyl groups excluding tert-OH is 1. The van der Waals surface area contributed by atoms with Gasteiger partial charge in [-0.1, -0.05) is 36.4 Å². The van der Waals surface area contributed by atoms with Crippen molar-refractivity contribution in [2.45, 2.75) is 13.2 Å². The van der Waals surface area contributed by atoms with Crippen molar-refractivity contribution < 1.29 is 9.84 Å². The fourth-order valence-corrected chi connectivity index (χ4v) is 1.86. The first-order valence-corrected chi connectivity index (χ1v) is 5.61. The normalized spacial score (nSPS) is 10.5. The summed E-state index contributed by atoms with van der Waals surface area (Å²) in [4.78, 5) is 0. The molecule has 2 heteroatoms. The Morgan fingerprint density at radius 3 is 2.12 bits per heavy atom. The smallest absolute Gasteiger partial charge is 0.0713 e. The summed E-state index contributed by atoms with van der Waals surface area (Å²) in [5.74, 6) is 0. The third-order valence-electron chi connectivity index (χ3n) is 2.68. The number of aliphatic hydroxyl groups is 1. The molecule has 0 aromatic heterocycles. The first-order valence-electron chi connectivity index (χ1n) is 5.61. The van der Waals surface area contributed by atoms with Crippen LogP contribution in [0.1, 0.15) is 11.1 Å². The molecule has 0 aliphatic rings. The Morgan fingerprint density at radius 1 is 0.941 bits per heavy atom. The molecular weight excluding hydrogens is 212 g/mol. The Morgan fingerprint density at radius 2 is 1.53 bits per heavy atom. The second-order valence-electron chi connectivity index (χ2n) is 3.99. The summed E-state index contributed by atoms with van der Waals surface area (Å²) in [5.41, 5.74) is 4.35. The second kappa shape index (κ2) is 5.62. The van der Waals surface area contributed by atoms with Gasteiger partial charge in [-0.25, -0.2) is 0 Å². The molecule has 0 bridgehead atoms. The van der Waals surface area contributed by atoms with Crippen molar-refractivity contribution in [3.63, 3.8) is 0 Å². The highest BCUT2D eigenvalue weighted by Gasteiger charge is 2.00. The maximum atomic E-state index is 9.13. The average Bonchev–Trinajstić information content (AvgIpc) is 2.40. The molecule has 2 aromatic carbocycles. The van der Waals surface area contributed by atoms with E-state index in [4.69, 9.17) is 9.84 Å². The second-order valence-corrected chi connectivity index (χ2v) is 3.99. The standard InChI is InChI=1S/C15H16O2/c1-17-11-13-5-3-7-15(9-13)14-6-2-4-12(8-14)10-16/h2-9,16H,10-11H2,1H3. The molecule has 2 aromatic rings. The molecule has 0 spiro atoms. The summed E-state index contributed by atoms with van der Waals surface area (Å²) in [5, 5.41) is 9.13. The zero-order chi connectivity index (χ0) is 12.1. The predicted octanol–water partition coefficient (Wildman–Crippen LogP) is 2.99. The molecule has 0 aliphatic carbocycles. The lowest BCUT2D eigenvalue weighted by Gasteiger charge is -2.06. The molecule has 0 atom stereocenters. The van der Waals surface area contributed by atoms with Crippen LogP contribution in [0.5, 0.6) is 0 Å². The SMILES string of the molecule is COCc1cccc(-c2cccc(CO)c2)c1. The van der Waals surface area contributed by atoms with Crippen LogP contribution in [0.15, 0.2) is 48.5 Å². The van der Waals surface area contributed by atoms with Crippen LogP contribution in [0, 0.1) is 0 Å². The van der Waals surface area contributed by atoms with Gasteiger partial charge in [0.15, 0.2) is 0 Å². The van der Waals surface area contributed by atoms with Crippen molar-refractivity contribution in [3.05, 3.63) is 59.7 Å². The van der Waals surface area contributed by atoms with Crippen molar-refractivity contribution in [1.29, 1.82) is 0 Å². The van der Waals surface area contributed by atoms with Crippen LogP contribution >= 0.6 is 0 Å². The van der Waals surface area contributed by atoms with Crippen LogP contribution in [0.25, 0.3) is 11.1 Å². The fourth-order valence-electron chi connectivity index (χ4n) is 1.86. The zero-order valence-corrected chi connectivity index (χ0v) is 9.89. The Balaban J connectivity index is 2.34. The van der Waals surface area contributed by atoms with E-state index in [0.29, 0.717) is 6.61 Å². The maximum Gasteiger partial charge on any atom is 0.0713 e. The Hall–Kier alpha value is -1.64.